The van der Waals surface area contributed by atoms with E-state index in [1.54, 1.807) is 24.4 Å². The zero-order valence-electron chi connectivity index (χ0n) is 13.9. The van der Waals surface area contributed by atoms with E-state index in [0.717, 1.165) is 25.6 Å². The lowest BCUT2D eigenvalue weighted by Crippen LogP contribution is -2.39. The summed E-state index contributed by atoms with van der Waals surface area (Å²) in [5.74, 6) is 0.281. The third-order valence-electron chi connectivity index (χ3n) is 4.48. The lowest BCUT2D eigenvalue weighted by atomic mass is 9.99. The summed E-state index contributed by atoms with van der Waals surface area (Å²) in [5, 5.41) is 7.12. The Balaban J connectivity index is 1.51. The van der Waals surface area contributed by atoms with Crippen molar-refractivity contribution in [3.63, 3.8) is 0 Å². The second kappa shape index (κ2) is 7.57. The van der Waals surface area contributed by atoms with Crippen molar-refractivity contribution in [1.82, 2.24) is 20.0 Å². The molecular formula is C18H23FN4O. The summed E-state index contributed by atoms with van der Waals surface area (Å²) in [5.41, 5.74) is 0.933. The number of benzene rings is 1. The van der Waals surface area contributed by atoms with Gasteiger partial charge in [0.2, 0.25) is 0 Å². The molecule has 0 unspecified atom stereocenters. The number of rotatable bonds is 5. The molecule has 1 amide bonds. The molecule has 0 bridgehead atoms. The lowest BCUT2D eigenvalue weighted by molar-refractivity contribution is 0.0939. The van der Waals surface area contributed by atoms with E-state index in [-0.39, 0.29) is 11.7 Å². The van der Waals surface area contributed by atoms with Gasteiger partial charge in [0.05, 0.1) is 5.69 Å². The Morgan fingerprint density at radius 1 is 1.33 bits per heavy atom. The molecule has 1 aromatic heterocycles. The number of carbonyl (C=O) groups is 1. The van der Waals surface area contributed by atoms with Gasteiger partial charge >= 0.3 is 0 Å². The van der Waals surface area contributed by atoms with Crippen molar-refractivity contribution in [2.24, 2.45) is 5.92 Å². The van der Waals surface area contributed by atoms with Crippen molar-refractivity contribution in [2.75, 3.05) is 26.2 Å². The zero-order chi connectivity index (χ0) is 16.9. The van der Waals surface area contributed by atoms with Gasteiger partial charge < -0.3 is 10.2 Å². The molecule has 0 aliphatic carbocycles. The van der Waals surface area contributed by atoms with Crippen LogP contribution in [0.5, 0.6) is 0 Å². The monoisotopic (exact) mass is 330 g/mol. The minimum Gasteiger partial charge on any atom is -0.349 e. The minimum absolute atomic E-state index is 0.199. The van der Waals surface area contributed by atoms with Gasteiger partial charge in [-0.05, 0) is 56.1 Å². The molecule has 2 aromatic rings. The number of nitrogens with zero attached hydrogens (tertiary/aromatic N) is 3. The Bertz CT molecular complexity index is 692. The van der Waals surface area contributed by atoms with Crippen LogP contribution in [0.3, 0.4) is 0 Å². The maximum absolute atomic E-state index is 13.3. The first-order valence-electron chi connectivity index (χ1n) is 8.44. The number of hydrogen-bond donors (Lipinski definition) is 1. The molecule has 0 saturated carbocycles. The number of likely N-dealkylation sites (tertiary alicyclic amines) is 1. The Morgan fingerprint density at radius 3 is 2.88 bits per heavy atom. The molecule has 24 heavy (non-hydrogen) atoms. The van der Waals surface area contributed by atoms with E-state index in [0.29, 0.717) is 17.9 Å². The van der Waals surface area contributed by atoms with E-state index in [4.69, 9.17) is 0 Å². The van der Waals surface area contributed by atoms with Crippen LogP contribution in [0.4, 0.5) is 4.39 Å². The summed E-state index contributed by atoms with van der Waals surface area (Å²) >= 11 is 0. The summed E-state index contributed by atoms with van der Waals surface area (Å²) in [6.45, 7) is 5.97. The lowest BCUT2D eigenvalue weighted by Gasteiger charge is -2.30. The van der Waals surface area contributed by atoms with Crippen LogP contribution < -0.4 is 5.32 Å². The highest BCUT2D eigenvalue weighted by molar-refractivity contribution is 5.92. The van der Waals surface area contributed by atoms with Crippen LogP contribution in [0, 0.1) is 11.7 Å². The third-order valence-corrected chi connectivity index (χ3v) is 4.48. The van der Waals surface area contributed by atoms with E-state index in [1.165, 1.54) is 29.7 Å². The Labute approximate surface area is 141 Å². The van der Waals surface area contributed by atoms with Crippen molar-refractivity contribution in [2.45, 2.75) is 19.8 Å². The average molecular weight is 330 g/mol. The Kier molecular flexibility index (Phi) is 5.25. The van der Waals surface area contributed by atoms with Gasteiger partial charge in [-0.2, -0.15) is 5.10 Å². The number of piperidine rings is 1. The fraction of sp³-hybridized carbons (Fsp3) is 0.444. The van der Waals surface area contributed by atoms with Gasteiger partial charge in [-0.15, -0.1) is 0 Å². The maximum Gasteiger partial charge on any atom is 0.271 e. The van der Waals surface area contributed by atoms with E-state index < -0.39 is 0 Å². The number of nitrogens with one attached hydrogen (secondary N) is 1. The van der Waals surface area contributed by atoms with Crippen LogP contribution in [-0.4, -0.2) is 46.8 Å². The topological polar surface area (TPSA) is 50.2 Å². The Morgan fingerprint density at radius 2 is 2.12 bits per heavy atom. The summed E-state index contributed by atoms with van der Waals surface area (Å²) in [6, 6.07) is 7.76. The van der Waals surface area contributed by atoms with Crippen LogP contribution >= 0.6 is 0 Å². The predicted octanol–water partition coefficient (Wildman–Crippen LogP) is 2.47. The molecule has 1 fully saturated rings. The maximum atomic E-state index is 13.3. The molecule has 0 spiro atoms. The van der Waals surface area contributed by atoms with E-state index in [1.807, 2.05) is 0 Å². The standard InChI is InChI=1S/C18H23FN4O/c1-14-5-9-22(10-6-14)12-8-20-18(24)17-7-11-23(21-17)16-4-2-3-15(19)13-16/h2-4,7,11,13-14H,5-6,8-10,12H2,1H3,(H,20,24). The molecule has 5 nitrogen and oxygen atoms in total. The summed E-state index contributed by atoms with van der Waals surface area (Å²) in [7, 11) is 0. The number of carbonyl (C=O) groups excluding carboxylic acids is 1. The average Bonchev–Trinajstić information content (AvgIpc) is 3.07. The number of halogens is 1. The highest BCUT2D eigenvalue weighted by Gasteiger charge is 2.16. The first-order valence-corrected chi connectivity index (χ1v) is 8.44. The number of hydrogen-bond acceptors (Lipinski definition) is 3. The molecule has 2 heterocycles. The largest absolute Gasteiger partial charge is 0.349 e. The summed E-state index contributed by atoms with van der Waals surface area (Å²) in [4.78, 5) is 14.6. The summed E-state index contributed by atoms with van der Waals surface area (Å²) < 4.78 is 14.8. The molecule has 0 radical (unpaired) electrons. The molecule has 6 heteroatoms. The second-order valence-corrected chi connectivity index (χ2v) is 6.41. The normalized spacial score (nSPS) is 16.2. The highest BCUT2D eigenvalue weighted by Crippen LogP contribution is 2.15. The first kappa shape index (κ1) is 16.6. The number of amides is 1. The van der Waals surface area contributed by atoms with Gasteiger partial charge in [-0.3, -0.25) is 4.79 Å². The first-order chi connectivity index (χ1) is 11.6. The third kappa shape index (κ3) is 4.20. The van der Waals surface area contributed by atoms with Crippen molar-refractivity contribution in [1.29, 1.82) is 0 Å². The van der Waals surface area contributed by atoms with Gasteiger partial charge in [0.25, 0.3) is 5.91 Å². The van der Waals surface area contributed by atoms with Crippen LogP contribution in [0.1, 0.15) is 30.3 Å². The van der Waals surface area contributed by atoms with Crippen LogP contribution in [0.2, 0.25) is 0 Å². The van der Waals surface area contributed by atoms with Gasteiger partial charge in [-0.1, -0.05) is 13.0 Å². The van der Waals surface area contributed by atoms with E-state index in [9.17, 15) is 9.18 Å². The molecule has 128 valence electrons. The fourth-order valence-corrected chi connectivity index (χ4v) is 2.91. The van der Waals surface area contributed by atoms with Crippen molar-refractivity contribution in [3.05, 3.63) is 48.0 Å². The SMILES string of the molecule is CC1CCN(CCNC(=O)c2ccn(-c3cccc(F)c3)n2)CC1. The van der Waals surface area contributed by atoms with Gasteiger partial charge in [-0.25, -0.2) is 9.07 Å². The molecule has 1 N–H and O–H groups in total. The van der Waals surface area contributed by atoms with Gasteiger partial charge in [0, 0.05) is 19.3 Å². The summed E-state index contributed by atoms with van der Waals surface area (Å²) in [6.07, 6.45) is 4.12. The fourth-order valence-electron chi connectivity index (χ4n) is 2.91. The van der Waals surface area contributed by atoms with E-state index >= 15 is 0 Å². The van der Waals surface area contributed by atoms with Crippen molar-refractivity contribution >= 4 is 5.91 Å². The van der Waals surface area contributed by atoms with Crippen LogP contribution in [0.25, 0.3) is 5.69 Å². The van der Waals surface area contributed by atoms with E-state index in [2.05, 4.69) is 22.2 Å². The molecule has 1 aliphatic rings. The van der Waals surface area contributed by atoms with Gasteiger partial charge in [0.1, 0.15) is 5.82 Å². The van der Waals surface area contributed by atoms with Gasteiger partial charge in [0.15, 0.2) is 5.69 Å². The Hall–Kier alpha value is -2.21. The van der Waals surface area contributed by atoms with Crippen molar-refractivity contribution in [3.8, 4) is 5.69 Å². The second-order valence-electron chi connectivity index (χ2n) is 6.41. The number of aromatic nitrogens is 2. The smallest absolute Gasteiger partial charge is 0.271 e. The molecule has 1 aliphatic heterocycles. The molecule has 1 saturated heterocycles. The predicted molar refractivity (Wildman–Crippen MR) is 90.7 cm³/mol. The quantitative estimate of drug-likeness (QED) is 0.916. The molecule has 0 atom stereocenters. The van der Waals surface area contributed by atoms with Crippen LogP contribution in [0.15, 0.2) is 36.5 Å². The highest BCUT2D eigenvalue weighted by atomic mass is 19.1. The van der Waals surface area contributed by atoms with Crippen LogP contribution in [-0.2, 0) is 0 Å². The molecule has 3 rings (SSSR count). The molecular weight excluding hydrogens is 307 g/mol. The minimum atomic E-state index is -0.329. The zero-order valence-corrected chi connectivity index (χ0v) is 13.9. The van der Waals surface area contributed by atoms with Crippen molar-refractivity contribution < 1.29 is 9.18 Å². The molecule has 1 aromatic carbocycles.